The van der Waals surface area contributed by atoms with Crippen molar-refractivity contribution in [3.8, 4) is 5.75 Å². The van der Waals surface area contributed by atoms with E-state index in [1.54, 1.807) is 37.3 Å². The van der Waals surface area contributed by atoms with Crippen LogP contribution in [0.5, 0.6) is 5.75 Å². The molecule has 4 N–H and O–H groups in total. The molecule has 1 heterocycles. The maximum atomic E-state index is 15.1. The van der Waals surface area contributed by atoms with E-state index < -0.39 is 53.8 Å². The van der Waals surface area contributed by atoms with Gasteiger partial charge in [0.2, 0.25) is 5.91 Å². The van der Waals surface area contributed by atoms with Crippen molar-refractivity contribution in [1.29, 1.82) is 0 Å². The topological polar surface area (TPSA) is 128 Å². The van der Waals surface area contributed by atoms with Crippen LogP contribution in [0.3, 0.4) is 0 Å². The number of aliphatic hydroxyl groups is 1. The summed E-state index contributed by atoms with van der Waals surface area (Å²) < 4.78 is 35.1. The largest absolute Gasteiger partial charge is 0.508 e. The average Bonchev–Trinajstić information content (AvgIpc) is 3.08. The number of halogens is 2. The van der Waals surface area contributed by atoms with Gasteiger partial charge in [0.25, 0.3) is 17.7 Å². The van der Waals surface area contributed by atoms with Crippen LogP contribution in [-0.2, 0) is 20.7 Å². The molecule has 1 saturated heterocycles. The maximum absolute atomic E-state index is 15.1. The summed E-state index contributed by atoms with van der Waals surface area (Å²) in [6.07, 6.45) is -1.96. The fraction of sp³-hybridized carbons (Fsp3) is 0.464. The van der Waals surface area contributed by atoms with Crippen molar-refractivity contribution < 1.29 is 38.1 Å². The highest BCUT2D eigenvalue weighted by molar-refractivity contribution is 5.97. The van der Waals surface area contributed by atoms with E-state index in [4.69, 9.17) is 4.74 Å². The third-order valence-corrected chi connectivity index (χ3v) is 7.24. The minimum atomic E-state index is -3.43. The number of methoxy groups -OCH3 is 1. The molecule has 0 saturated carbocycles. The highest BCUT2D eigenvalue weighted by Gasteiger charge is 2.64. The van der Waals surface area contributed by atoms with Crippen LogP contribution in [0.25, 0.3) is 0 Å². The SMILES string of the molecule is COCCNC(=O)[C@H]1N(C(=O)[C@@H](O)[C@H](Cc2ccccc2)NC(=O)c2cccc(O)c2C)CC(F)(F)C1(C)C. The molecule has 2 aromatic rings. The Labute approximate surface area is 226 Å². The molecular formula is C28H35F2N3O6. The Morgan fingerprint density at radius 2 is 1.79 bits per heavy atom. The number of benzene rings is 2. The molecule has 212 valence electrons. The molecule has 1 aliphatic heterocycles. The number of ether oxygens (including phenoxy) is 1. The van der Waals surface area contributed by atoms with Crippen LogP contribution in [0, 0.1) is 12.3 Å². The zero-order valence-corrected chi connectivity index (χ0v) is 22.4. The maximum Gasteiger partial charge on any atom is 0.272 e. The van der Waals surface area contributed by atoms with Gasteiger partial charge in [-0.25, -0.2) is 8.78 Å². The van der Waals surface area contributed by atoms with Crippen LogP contribution in [0.2, 0.25) is 0 Å². The van der Waals surface area contributed by atoms with Crippen LogP contribution in [0.15, 0.2) is 48.5 Å². The van der Waals surface area contributed by atoms with Crippen molar-refractivity contribution in [2.45, 2.75) is 51.3 Å². The third kappa shape index (κ3) is 6.36. The van der Waals surface area contributed by atoms with E-state index in [1.165, 1.54) is 39.2 Å². The van der Waals surface area contributed by atoms with E-state index >= 15 is 8.78 Å². The molecule has 3 amide bonds. The van der Waals surface area contributed by atoms with Crippen molar-refractivity contribution in [2.24, 2.45) is 5.41 Å². The molecule has 11 heteroatoms. The summed E-state index contributed by atoms with van der Waals surface area (Å²) >= 11 is 0. The second-order valence-corrected chi connectivity index (χ2v) is 10.2. The van der Waals surface area contributed by atoms with Gasteiger partial charge in [-0.3, -0.25) is 14.4 Å². The van der Waals surface area contributed by atoms with Gasteiger partial charge in [0.1, 0.15) is 11.8 Å². The van der Waals surface area contributed by atoms with E-state index in [9.17, 15) is 24.6 Å². The summed E-state index contributed by atoms with van der Waals surface area (Å²) in [5.41, 5.74) is -0.848. The first-order chi connectivity index (χ1) is 18.3. The van der Waals surface area contributed by atoms with Crippen LogP contribution in [-0.4, -0.2) is 83.8 Å². The lowest BCUT2D eigenvalue weighted by atomic mass is 9.81. The molecule has 0 spiro atoms. The van der Waals surface area contributed by atoms with Crippen molar-refractivity contribution in [1.82, 2.24) is 15.5 Å². The number of aliphatic hydroxyl groups excluding tert-OH is 1. The van der Waals surface area contributed by atoms with E-state index in [1.807, 2.05) is 0 Å². The number of nitrogens with one attached hydrogen (secondary N) is 2. The minimum absolute atomic E-state index is 0.00429. The first-order valence-electron chi connectivity index (χ1n) is 12.6. The number of carbonyl (C=O) groups is 3. The smallest absolute Gasteiger partial charge is 0.272 e. The minimum Gasteiger partial charge on any atom is -0.508 e. The molecule has 0 bridgehead atoms. The lowest BCUT2D eigenvalue weighted by molar-refractivity contribution is -0.148. The summed E-state index contributed by atoms with van der Waals surface area (Å²) in [7, 11) is 1.42. The number of phenolic OH excluding ortho intramolecular Hbond substituents is 1. The van der Waals surface area contributed by atoms with Crippen molar-refractivity contribution in [3.63, 3.8) is 0 Å². The fourth-order valence-corrected chi connectivity index (χ4v) is 4.71. The van der Waals surface area contributed by atoms with Gasteiger partial charge in [-0.15, -0.1) is 0 Å². The van der Waals surface area contributed by atoms with Gasteiger partial charge in [0, 0.05) is 24.8 Å². The van der Waals surface area contributed by atoms with Crippen LogP contribution in [0.1, 0.15) is 35.3 Å². The monoisotopic (exact) mass is 547 g/mol. The zero-order valence-electron chi connectivity index (χ0n) is 22.4. The Morgan fingerprint density at radius 1 is 1.13 bits per heavy atom. The average molecular weight is 548 g/mol. The number of hydrogen-bond acceptors (Lipinski definition) is 6. The standard InChI is InChI=1S/C28H35F2N3O6/c1-17-19(11-8-12-21(17)34)24(36)32-20(15-18-9-6-5-7-10-18)22(35)26(38)33-16-28(29,30)27(2,3)23(33)25(37)31-13-14-39-4/h5-12,20,22-23,34-35H,13-16H2,1-4H3,(H,31,37)(H,32,36)/t20-,22-,23+/m0/s1. The van der Waals surface area contributed by atoms with Gasteiger partial charge < -0.3 is 30.5 Å². The fourth-order valence-electron chi connectivity index (χ4n) is 4.71. The summed E-state index contributed by atoms with van der Waals surface area (Å²) in [6.45, 7) is 3.05. The van der Waals surface area contributed by atoms with Gasteiger partial charge in [0.05, 0.1) is 24.6 Å². The predicted molar refractivity (Wildman–Crippen MR) is 139 cm³/mol. The molecule has 0 aromatic heterocycles. The number of amides is 3. The molecule has 0 radical (unpaired) electrons. The Morgan fingerprint density at radius 3 is 2.44 bits per heavy atom. The van der Waals surface area contributed by atoms with Crippen molar-refractivity contribution in [2.75, 3.05) is 26.8 Å². The zero-order chi connectivity index (χ0) is 29.0. The third-order valence-electron chi connectivity index (χ3n) is 7.24. The molecule has 9 nitrogen and oxygen atoms in total. The van der Waals surface area contributed by atoms with Gasteiger partial charge in [0.15, 0.2) is 6.10 Å². The number of phenols is 1. The summed E-state index contributed by atoms with van der Waals surface area (Å²) in [5.74, 6) is -6.11. The Balaban J connectivity index is 1.92. The molecule has 0 unspecified atom stereocenters. The lowest BCUT2D eigenvalue weighted by Gasteiger charge is -2.34. The lowest BCUT2D eigenvalue weighted by Crippen LogP contribution is -2.58. The summed E-state index contributed by atoms with van der Waals surface area (Å²) in [4.78, 5) is 40.4. The Hall–Kier alpha value is -3.57. The van der Waals surface area contributed by atoms with Crippen molar-refractivity contribution in [3.05, 3.63) is 65.2 Å². The quantitative estimate of drug-likeness (QED) is 0.337. The highest BCUT2D eigenvalue weighted by Crippen LogP contribution is 2.48. The van der Waals surface area contributed by atoms with Gasteiger partial charge in [-0.1, -0.05) is 50.2 Å². The molecule has 3 atom stereocenters. The first kappa shape index (κ1) is 30.0. The van der Waals surface area contributed by atoms with Crippen LogP contribution >= 0.6 is 0 Å². The predicted octanol–water partition coefficient (Wildman–Crippen LogP) is 2.04. The molecule has 1 aliphatic rings. The second kappa shape index (κ2) is 12.1. The van der Waals surface area contributed by atoms with Crippen LogP contribution < -0.4 is 10.6 Å². The summed E-state index contributed by atoms with van der Waals surface area (Å²) in [5, 5.41) is 26.4. The van der Waals surface area contributed by atoms with E-state index in [0.29, 0.717) is 16.0 Å². The molecule has 39 heavy (non-hydrogen) atoms. The molecule has 1 fully saturated rings. The van der Waals surface area contributed by atoms with Crippen LogP contribution in [0.4, 0.5) is 8.78 Å². The number of nitrogens with zero attached hydrogens (tertiary/aromatic N) is 1. The molecule has 0 aliphatic carbocycles. The molecular weight excluding hydrogens is 512 g/mol. The number of hydrogen-bond donors (Lipinski definition) is 4. The van der Waals surface area contributed by atoms with Gasteiger partial charge in [-0.05, 0) is 31.0 Å². The summed E-state index contributed by atoms with van der Waals surface area (Å²) in [6, 6.07) is 10.3. The number of rotatable bonds is 10. The van der Waals surface area contributed by atoms with Gasteiger partial charge >= 0.3 is 0 Å². The van der Waals surface area contributed by atoms with E-state index in [0.717, 1.165) is 0 Å². The highest BCUT2D eigenvalue weighted by atomic mass is 19.3. The molecule has 2 aromatic carbocycles. The number of carbonyl (C=O) groups excluding carboxylic acids is 3. The number of alkyl halides is 2. The normalized spacial score (nSPS) is 19.3. The van der Waals surface area contributed by atoms with Crippen molar-refractivity contribution >= 4 is 17.7 Å². The van der Waals surface area contributed by atoms with E-state index in [2.05, 4.69) is 10.6 Å². The first-order valence-corrected chi connectivity index (χ1v) is 12.6. The second-order valence-electron chi connectivity index (χ2n) is 10.2. The Bertz CT molecular complexity index is 1190. The van der Waals surface area contributed by atoms with E-state index in [-0.39, 0.29) is 30.9 Å². The number of aromatic hydroxyl groups is 1. The van der Waals surface area contributed by atoms with Gasteiger partial charge in [-0.2, -0.15) is 0 Å². The Kier molecular flexibility index (Phi) is 9.29. The number of likely N-dealkylation sites (tertiary alicyclic amines) is 1. The molecule has 3 rings (SSSR count).